The van der Waals surface area contributed by atoms with E-state index in [1.807, 2.05) is 14.1 Å². The van der Waals surface area contributed by atoms with Gasteiger partial charge in [0, 0.05) is 12.6 Å². The number of nitrogens with zero attached hydrogens (tertiary/aromatic N) is 2. The van der Waals surface area contributed by atoms with Gasteiger partial charge in [0.1, 0.15) is 0 Å². The van der Waals surface area contributed by atoms with Gasteiger partial charge in [-0.2, -0.15) is 0 Å². The average molecular weight is 229 g/mol. The molecule has 1 aliphatic rings. The molecule has 0 heterocycles. The summed E-state index contributed by atoms with van der Waals surface area (Å²) in [7, 11) is 4.05. The lowest BCUT2D eigenvalue weighted by Crippen LogP contribution is -2.42. The Morgan fingerprint density at radius 1 is 1.44 bits per heavy atom. The Kier molecular flexibility index (Phi) is 6.14. The fourth-order valence-electron chi connectivity index (χ4n) is 1.13. The van der Waals surface area contributed by atoms with E-state index < -0.39 is 0 Å². The first-order valence-electron chi connectivity index (χ1n) is 5.72. The monoisotopic (exact) mass is 229 g/mol. The Hall–Kier alpha value is -0.850. The van der Waals surface area contributed by atoms with E-state index >= 15 is 0 Å². The van der Waals surface area contributed by atoms with Crippen molar-refractivity contribution < 1.29 is 4.74 Å². The van der Waals surface area contributed by atoms with Gasteiger partial charge in [-0.1, -0.05) is 0 Å². The molecule has 0 spiro atoms. The molecule has 1 rings (SSSR count). The minimum atomic E-state index is 0.560. The molecule has 1 fully saturated rings. The molecule has 0 aromatic rings. The standard InChI is InChI=1S/C10H23N5O/c1-15(2)6-8-16-7-5-12-10(14-11)13-9-3-4-9/h9H,3-8,11H2,1-2H3,(H2,12,13,14). The second-order valence-corrected chi connectivity index (χ2v) is 4.21. The summed E-state index contributed by atoms with van der Waals surface area (Å²) in [5.41, 5.74) is 2.56. The number of aliphatic imine (C=N–C) groups is 1. The van der Waals surface area contributed by atoms with Crippen LogP contribution in [-0.2, 0) is 4.74 Å². The van der Waals surface area contributed by atoms with E-state index in [0.29, 0.717) is 25.2 Å². The summed E-state index contributed by atoms with van der Waals surface area (Å²) in [5.74, 6) is 6.00. The van der Waals surface area contributed by atoms with Crippen LogP contribution in [0.5, 0.6) is 0 Å². The maximum atomic E-state index is 5.41. The number of hydrazine groups is 1. The Balaban J connectivity index is 1.99. The van der Waals surface area contributed by atoms with Gasteiger partial charge >= 0.3 is 0 Å². The van der Waals surface area contributed by atoms with Gasteiger partial charge < -0.3 is 15.0 Å². The molecule has 1 aliphatic carbocycles. The summed E-state index contributed by atoms with van der Waals surface area (Å²) in [6, 6.07) is 0.560. The number of nitrogens with two attached hydrogens (primary N) is 1. The molecule has 94 valence electrons. The lowest BCUT2D eigenvalue weighted by molar-refractivity contribution is 0.124. The van der Waals surface area contributed by atoms with Gasteiger partial charge in [0.05, 0.1) is 19.8 Å². The zero-order chi connectivity index (χ0) is 11.8. The van der Waals surface area contributed by atoms with Crippen LogP contribution in [0.3, 0.4) is 0 Å². The summed E-state index contributed by atoms with van der Waals surface area (Å²) in [5, 5.41) is 3.20. The number of guanidine groups is 1. The summed E-state index contributed by atoms with van der Waals surface area (Å²) in [6.07, 6.45) is 2.42. The number of likely N-dealkylation sites (N-methyl/N-ethyl adjacent to an activating group) is 1. The van der Waals surface area contributed by atoms with E-state index in [4.69, 9.17) is 10.6 Å². The first-order chi connectivity index (χ1) is 7.72. The highest BCUT2D eigenvalue weighted by molar-refractivity contribution is 5.79. The SMILES string of the molecule is CN(C)CCOCCN=C(NN)NC1CC1. The van der Waals surface area contributed by atoms with Crippen molar-refractivity contribution in [3.63, 3.8) is 0 Å². The summed E-state index contributed by atoms with van der Waals surface area (Å²) in [6.45, 7) is 2.94. The zero-order valence-corrected chi connectivity index (χ0v) is 10.2. The molecule has 0 saturated heterocycles. The van der Waals surface area contributed by atoms with Crippen LogP contribution < -0.4 is 16.6 Å². The van der Waals surface area contributed by atoms with Gasteiger partial charge in [-0.15, -0.1) is 0 Å². The van der Waals surface area contributed by atoms with Crippen LogP contribution in [0.2, 0.25) is 0 Å². The first-order valence-corrected chi connectivity index (χ1v) is 5.72. The van der Waals surface area contributed by atoms with Crippen molar-refractivity contribution in [2.24, 2.45) is 10.8 Å². The third-order valence-corrected chi connectivity index (χ3v) is 2.24. The molecule has 0 amide bonds. The molecule has 0 aromatic carbocycles. The van der Waals surface area contributed by atoms with Gasteiger partial charge in [-0.3, -0.25) is 5.43 Å². The lowest BCUT2D eigenvalue weighted by atomic mass is 10.6. The molecule has 16 heavy (non-hydrogen) atoms. The van der Waals surface area contributed by atoms with Gasteiger partial charge in [0.25, 0.3) is 0 Å². The molecule has 0 unspecified atom stereocenters. The molecular weight excluding hydrogens is 206 g/mol. The molecule has 1 saturated carbocycles. The number of rotatable bonds is 7. The lowest BCUT2D eigenvalue weighted by Gasteiger charge is -2.10. The van der Waals surface area contributed by atoms with E-state index in [2.05, 4.69) is 20.6 Å². The summed E-state index contributed by atoms with van der Waals surface area (Å²) in [4.78, 5) is 6.36. The highest BCUT2D eigenvalue weighted by Gasteiger charge is 2.21. The number of hydrogen-bond donors (Lipinski definition) is 3. The van der Waals surface area contributed by atoms with Crippen LogP contribution >= 0.6 is 0 Å². The van der Waals surface area contributed by atoms with Crippen molar-refractivity contribution in [1.29, 1.82) is 0 Å². The van der Waals surface area contributed by atoms with Crippen LogP contribution in [-0.4, -0.2) is 57.3 Å². The zero-order valence-electron chi connectivity index (χ0n) is 10.2. The predicted octanol–water partition coefficient (Wildman–Crippen LogP) is -0.864. The second kappa shape index (κ2) is 7.43. The highest BCUT2D eigenvalue weighted by Crippen LogP contribution is 2.18. The van der Waals surface area contributed by atoms with Gasteiger partial charge in [-0.25, -0.2) is 10.8 Å². The fourth-order valence-corrected chi connectivity index (χ4v) is 1.13. The smallest absolute Gasteiger partial charge is 0.206 e. The largest absolute Gasteiger partial charge is 0.378 e. The van der Waals surface area contributed by atoms with Crippen molar-refractivity contribution in [3.8, 4) is 0 Å². The minimum absolute atomic E-state index is 0.560. The van der Waals surface area contributed by atoms with Crippen LogP contribution in [0.15, 0.2) is 4.99 Å². The first kappa shape index (κ1) is 13.2. The van der Waals surface area contributed by atoms with Crippen LogP contribution in [0.1, 0.15) is 12.8 Å². The van der Waals surface area contributed by atoms with Crippen LogP contribution in [0.4, 0.5) is 0 Å². The highest BCUT2D eigenvalue weighted by atomic mass is 16.5. The van der Waals surface area contributed by atoms with E-state index in [1.165, 1.54) is 12.8 Å². The van der Waals surface area contributed by atoms with E-state index in [1.54, 1.807) is 0 Å². The van der Waals surface area contributed by atoms with Gasteiger partial charge in [-0.05, 0) is 26.9 Å². The van der Waals surface area contributed by atoms with Crippen LogP contribution in [0, 0.1) is 0 Å². The van der Waals surface area contributed by atoms with Crippen molar-refractivity contribution in [3.05, 3.63) is 0 Å². The van der Waals surface area contributed by atoms with E-state index in [9.17, 15) is 0 Å². The van der Waals surface area contributed by atoms with Crippen molar-refractivity contribution in [2.45, 2.75) is 18.9 Å². The molecule has 0 bridgehead atoms. The molecule has 0 radical (unpaired) electrons. The third kappa shape index (κ3) is 6.60. The average Bonchev–Trinajstić information content (AvgIpc) is 3.04. The molecule has 6 nitrogen and oxygen atoms in total. The van der Waals surface area contributed by atoms with Crippen molar-refractivity contribution >= 4 is 5.96 Å². The Bertz CT molecular complexity index is 215. The van der Waals surface area contributed by atoms with Gasteiger partial charge in [0.15, 0.2) is 0 Å². The molecule has 4 N–H and O–H groups in total. The normalized spacial score (nSPS) is 16.6. The second-order valence-electron chi connectivity index (χ2n) is 4.21. The van der Waals surface area contributed by atoms with E-state index in [0.717, 1.165) is 13.2 Å². The molecule has 0 aromatic heterocycles. The summed E-state index contributed by atoms with van der Waals surface area (Å²) < 4.78 is 5.41. The topological polar surface area (TPSA) is 74.9 Å². The molecular formula is C10H23N5O. The maximum absolute atomic E-state index is 5.41. The Labute approximate surface area is 97.2 Å². The minimum Gasteiger partial charge on any atom is -0.378 e. The number of nitrogens with one attached hydrogen (secondary N) is 2. The summed E-state index contributed by atoms with van der Waals surface area (Å²) >= 11 is 0. The Morgan fingerprint density at radius 3 is 2.75 bits per heavy atom. The van der Waals surface area contributed by atoms with Crippen molar-refractivity contribution in [1.82, 2.24) is 15.6 Å². The number of ether oxygens (including phenoxy) is 1. The number of hydrogen-bond acceptors (Lipinski definition) is 4. The van der Waals surface area contributed by atoms with Gasteiger partial charge in [0.2, 0.25) is 5.96 Å². The van der Waals surface area contributed by atoms with E-state index in [-0.39, 0.29) is 0 Å². The maximum Gasteiger partial charge on any atom is 0.206 e. The van der Waals surface area contributed by atoms with Crippen molar-refractivity contribution in [2.75, 3.05) is 40.4 Å². The fraction of sp³-hybridized carbons (Fsp3) is 0.900. The molecule has 0 atom stereocenters. The molecule has 6 heteroatoms. The Morgan fingerprint density at radius 2 is 2.19 bits per heavy atom. The molecule has 0 aliphatic heterocycles. The third-order valence-electron chi connectivity index (χ3n) is 2.24. The quantitative estimate of drug-likeness (QED) is 0.174. The van der Waals surface area contributed by atoms with Crippen LogP contribution in [0.25, 0.3) is 0 Å². The predicted molar refractivity (Wildman–Crippen MR) is 65.2 cm³/mol.